The summed E-state index contributed by atoms with van der Waals surface area (Å²) in [6, 6.07) is 0.665. The summed E-state index contributed by atoms with van der Waals surface area (Å²) in [5.41, 5.74) is 1.31. The molecular weight excluding hydrogens is 266 g/mol. The van der Waals surface area contributed by atoms with E-state index in [1.807, 2.05) is 0 Å². The highest BCUT2D eigenvalue weighted by Crippen LogP contribution is 2.31. The standard InChI is InChI=1S/C16H29N3S/c1-12-8-6-7-9-14(12)19(5)15-18-13(11-20-15)10-17-16(2,3)4/h11-12,14,17H,6-10H2,1-5H3. The maximum Gasteiger partial charge on any atom is 0.185 e. The van der Waals surface area contributed by atoms with Crippen LogP contribution < -0.4 is 10.2 Å². The van der Waals surface area contributed by atoms with Gasteiger partial charge in [0.15, 0.2) is 5.13 Å². The van der Waals surface area contributed by atoms with Gasteiger partial charge in [-0.3, -0.25) is 0 Å². The van der Waals surface area contributed by atoms with E-state index in [1.165, 1.54) is 30.8 Å². The number of nitrogens with zero attached hydrogens (tertiary/aromatic N) is 2. The van der Waals surface area contributed by atoms with E-state index < -0.39 is 0 Å². The predicted molar refractivity (Wildman–Crippen MR) is 88.5 cm³/mol. The van der Waals surface area contributed by atoms with Gasteiger partial charge in [-0.2, -0.15) is 0 Å². The number of hydrogen-bond acceptors (Lipinski definition) is 4. The largest absolute Gasteiger partial charge is 0.348 e. The highest BCUT2D eigenvalue weighted by Gasteiger charge is 2.26. The Hall–Kier alpha value is -0.610. The molecule has 1 N–H and O–H groups in total. The molecule has 0 aromatic carbocycles. The van der Waals surface area contributed by atoms with Gasteiger partial charge in [0.05, 0.1) is 5.69 Å². The molecule has 3 nitrogen and oxygen atoms in total. The van der Waals surface area contributed by atoms with Crippen molar-refractivity contribution in [2.75, 3.05) is 11.9 Å². The van der Waals surface area contributed by atoms with Gasteiger partial charge >= 0.3 is 0 Å². The molecular formula is C16H29N3S. The van der Waals surface area contributed by atoms with Crippen LogP contribution in [0.1, 0.15) is 59.1 Å². The molecule has 1 aliphatic rings. The van der Waals surface area contributed by atoms with Gasteiger partial charge in [-0.25, -0.2) is 4.98 Å². The summed E-state index contributed by atoms with van der Waals surface area (Å²) in [6.45, 7) is 9.81. The molecule has 2 rings (SSSR count). The van der Waals surface area contributed by atoms with Crippen molar-refractivity contribution >= 4 is 16.5 Å². The van der Waals surface area contributed by atoms with Crippen LogP contribution in [0.3, 0.4) is 0 Å². The van der Waals surface area contributed by atoms with Gasteiger partial charge in [-0.1, -0.05) is 19.8 Å². The molecule has 1 aromatic rings. The topological polar surface area (TPSA) is 28.2 Å². The van der Waals surface area contributed by atoms with Crippen molar-refractivity contribution in [2.45, 2.75) is 71.5 Å². The Bertz CT molecular complexity index is 422. The minimum Gasteiger partial charge on any atom is -0.348 e. The van der Waals surface area contributed by atoms with E-state index in [-0.39, 0.29) is 5.54 Å². The molecule has 1 heterocycles. The maximum atomic E-state index is 4.80. The van der Waals surface area contributed by atoms with E-state index in [2.05, 4.69) is 50.3 Å². The number of rotatable bonds is 4. The molecule has 2 atom stereocenters. The summed E-state index contributed by atoms with van der Waals surface area (Å²) in [4.78, 5) is 7.22. The fourth-order valence-electron chi connectivity index (χ4n) is 2.91. The third-order valence-electron chi connectivity index (χ3n) is 4.20. The van der Waals surface area contributed by atoms with Gasteiger partial charge in [0.25, 0.3) is 0 Å². The van der Waals surface area contributed by atoms with Crippen molar-refractivity contribution in [1.29, 1.82) is 0 Å². The molecule has 0 amide bonds. The van der Waals surface area contributed by atoms with Gasteiger partial charge in [-0.15, -0.1) is 11.3 Å². The average Bonchev–Trinajstić information content (AvgIpc) is 2.84. The number of aromatic nitrogens is 1. The average molecular weight is 295 g/mol. The van der Waals surface area contributed by atoms with Crippen LogP contribution in [-0.4, -0.2) is 23.6 Å². The molecule has 0 spiro atoms. The van der Waals surface area contributed by atoms with Crippen LogP contribution in [0.2, 0.25) is 0 Å². The van der Waals surface area contributed by atoms with E-state index in [1.54, 1.807) is 11.3 Å². The third-order valence-corrected chi connectivity index (χ3v) is 5.18. The Morgan fingerprint density at radius 3 is 2.70 bits per heavy atom. The summed E-state index contributed by atoms with van der Waals surface area (Å²) >= 11 is 1.78. The van der Waals surface area contributed by atoms with Crippen molar-refractivity contribution in [3.63, 3.8) is 0 Å². The lowest BCUT2D eigenvalue weighted by Crippen LogP contribution is -2.39. The second-order valence-corrected chi connectivity index (χ2v) is 8.00. The number of anilines is 1. The molecule has 114 valence electrons. The normalized spacial score (nSPS) is 23.9. The van der Waals surface area contributed by atoms with Gasteiger partial charge in [-0.05, 0) is 39.5 Å². The van der Waals surface area contributed by atoms with Crippen LogP contribution in [0.15, 0.2) is 5.38 Å². The summed E-state index contributed by atoms with van der Waals surface area (Å²) < 4.78 is 0. The Balaban J connectivity index is 1.97. The summed E-state index contributed by atoms with van der Waals surface area (Å²) in [5.74, 6) is 0.786. The second kappa shape index (κ2) is 6.44. The van der Waals surface area contributed by atoms with Gasteiger partial charge in [0.1, 0.15) is 0 Å². The van der Waals surface area contributed by atoms with Crippen LogP contribution in [0.25, 0.3) is 0 Å². The Morgan fingerprint density at radius 2 is 2.05 bits per heavy atom. The number of hydrogen-bond donors (Lipinski definition) is 1. The first-order valence-corrected chi connectivity index (χ1v) is 8.67. The third kappa shape index (κ3) is 4.19. The highest BCUT2D eigenvalue weighted by molar-refractivity contribution is 7.13. The lowest BCUT2D eigenvalue weighted by Gasteiger charge is -2.36. The van der Waals surface area contributed by atoms with E-state index in [9.17, 15) is 0 Å². The molecule has 1 saturated carbocycles. The predicted octanol–water partition coefficient (Wildman–Crippen LogP) is 4.05. The fraction of sp³-hybridized carbons (Fsp3) is 0.812. The highest BCUT2D eigenvalue weighted by atomic mass is 32.1. The zero-order valence-corrected chi connectivity index (χ0v) is 14.4. The maximum absolute atomic E-state index is 4.80. The SMILES string of the molecule is CC1CCCCC1N(C)c1nc(CNC(C)(C)C)cs1. The first-order valence-electron chi connectivity index (χ1n) is 7.79. The molecule has 0 saturated heterocycles. The molecule has 1 aromatic heterocycles. The van der Waals surface area contributed by atoms with Crippen LogP contribution in [0.5, 0.6) is 0 Å². The van der Waals surface area contributed by atoms with Crippen LogP contribution in [-0.2, 0) is 6.54 Å². The fourth-order valence-corrected chi connectivity index (χ4v) is 3.76. The molecule has 0 bridgehead atoms. The zero-order valence-electron chi connectivity index (χ0n) is 13.6. The van der Waals surface area contributed by atoms with Crippen molar-refractivity contribution < 1.29 is 0 Å². The van der Waals surface area contributed by atoms with Crippen molar-refractivity contribution in [3.05, 3.63) is 11.1 Å². The molecule has 0 radical (unpaired) electrons. The monoisotopic (exact) mass is 295 g/mol. The quantitative estimate of drug-likeness (QED) is 0.908. The number of thiazole rings is 1. The van der Waals surface area contributed by atoms with E-state index >= 15 is 0 Å². The molecule has 1 aliphatic carbocycles. The van der Waals surface area contributed by atoms with Crippen LogP contribution in [0.4, 0.5) is 5.13 Å². The first-order chi connectivity index (χ1) is 9.37. The zero-order chi connectivity index (χ0) is 14.8. The van der Waals surface area contributed by atoms with Crippen molar-refractivity contribution in [1.82, 2.24) is 10.3 Å². The first kappa shape index (κ1) is 15.8. The molecule has 1 fully saturated rings. The van der Waals surface area contributed by atoms with Crippen LogP contribution in [0, 0.1) is 5.92 Å². The second-order valence-electron chi connectivity index (χ2n) is 7.16. The summed E-state index contributed by atoms with van der Waals surface area (Å²) in [6.07, 6.45) is 5.43. The van der Waals surface area contributed by atoms with E-state index in [0.717, 1.165) is 18.2 Å². The lowest BCUT2D eigenvalue weighted by molar-refractivity contribution is 0.321. The minimum absolute atomic E-state index is 0.146. The van der Waals surface area contributed by atoms with Gasteiger partial charge < -0.3 is 10.2 Å². The summed E-state index contributed by atoms with van der Waals surface area (Å²) in [5, 5.41) is 6.87. The molecule has 2 unspecified atom stereocenters. The van der Waals surface area contributed by atoms with E-state index in [0.29, 0.717) is 6.04 Å². The molecule has 4 heteroatoms. The smallest absolute Gasteiger partial charge is 0.185 e. The van der Waals surface area contributed by atoms with Crippen molar-refractivity contribution in [3.8, 4) is 0 Å². The minimum atomic E-state index is 0.146. The van der Waals surface area contributed by atoms with E-state index in [4.69, 9.17) is 4.98 Å². The lowest BCUT2D eigenvalue weighted by atomic mass is 9.85. The Kier molecular flexibility index (Phi) is 5.08. The van der Waals surface area contributed by atoms with Gasteiger partial charge in [0, 0.05) is 30.6 Å². The molecule has 20 heavy (non-hydrogen) atoms. The Morgan fingerprint density at radius 1 is 1.35 bits per heavy atom. The number of nitrogens with one attached hydrogen (secondary N) is 1. The van der Waals surface area contributed by atoms with Gasteiger partial charge in [0.2, 0.25) is 0 Å². The van der Waals surface area contributed by atoms with Crippen LogP contribution >= 0.6 is 11.3 Å². The Labute approximate surface area is 127 Å². The van der Waals surface area contributed by atoms with Crippen molar-refractivity contribution in [2.24, 2.45) is 5.92 Å². The summed E-state index contributed by atoms with van der Waals surface area (Å²) in [7, 11) is 2.21. The molecule has 0 aliphatic heterocycles.